The number of hydrogen-bond acceptors (Lipinski definition) is 3. The first-order chi connectivity index (χ1) is 9.04. The fourth-order valence-corrected chi connectivity index (χ4v) is 2.39. The highest BCUT2D eigenvalue weighted by atomic mass is 15.0. The molecule has 108 valence electrons. The van der Waals surface area contributed by atoms with Crippen LogP contribution in [0.3, 0.4) is 0 Å². The summed E-state index contributed by atoms with van der Waals surface area (Å²) in [5, 5.41) is 6.79. The lowest BCUT2D eigenvalue weighted by molar-refractivity contribution is 0.304. The Labute approximate surface area is 118 Å². The second-order valence-electron chi connectivity index (χ2n) is 5.83. The maximum Gasteiger partial charge on any atom is 0.126 e. The van der Waals surface area contributed by atoms with Gasteiger partial charge in [-0.2, -0.15) is 0 Å². The fourth-order valence-electron chi connectivity index (χ4n) is 2.39. The first kappa shape index (κ1) is 16.0. The number of nitrogens with one attached hydrogen (secondary N) is 2. The molecular weight excluding hydrogens is 234 g/mol. The van der Waals surface area contributed by atoms with Crippen LogP contribution in [0.2, 0.25) is 0 Å². The van der Waals surface area contributed by atoms with E-state index in [9.17, 15) is 0 Å². The van der Waals surface area contributed by atoms with Gasteiger partial charge in [-0.25, -0.2) is 4.98 Å². The van der Waals surface area contributed by atoms with Crippen molar-refractivity contribution in [3.63, 3.8) is 0 Å². The van der Waals surface area contributed by atoms with Crippen LogP contribution in [-0.4, -0.2) is 18.1 Å². The van der Waals surface area contributed by atoms with Crippen molar-refractivity contribution in [2.24, 2.45) is 17.8 Å². The molecular formula is C16H29N3. The van der Waals surface area contributed by atoms with Gasteiger partial charge in [0.25, 0.3) is 0 Å². The van der Waals surface area contributed by atoms with Crippen molar-refractivity contribution >= 4 is 5.82 Å². The van der Waals surface area contributed by atoms with Gasteiger partial charge in [0.2, 0.25) is 0 Å². The molecule has 0 aromatic carbocycles. The zero-order valence-electron chi connectivity index (χ0n) is 13.0. The molecule has 1 heterocycles. The molecule has 0 atom stereocenters. The van der Waals surface area contributed by atoms with Crippen molar-refractivity contribution in [2.45, 2.75) is 41.2 Å². The van der Waals surface area contributed by atoms with Crippen molar-refractivity contribution < 1.29 is 0 Å². The molecule has 0 amide bonds. The summed E-state index contributed by atoms with van der Waals surface area (Å²) in [6.45, 7) is 14.1. The minimum Gasteiger partial charge on any atom is -0.370 e. The lowest BCUT2D eigenvalue weighted by atomic mass is 9.85. The van der Waals surface area contributed by atoms with Crippen molar-refractivity contribution in [3.8, 4) is 0 Å². The summed E-state index contributed by atoms with van der Waals surface area (Å²) >= 11 is 0. The Morgan fingerprint density at radius 3 is 2.37 bits per heavy atom. The van der Waals surface area contributed by atoms with Crippen LogP contribution in [0.1, 0.15) is 40.3 Å². The first-order valence-electron chi connectivity index (χ1n) is 7.45. The first-order valence-corrected chi connectivity index (χ1v) is 7.45. The number of anilines is 1. The summed E-state index contributed by atoms with van der Waals surface area (Å²) < 4.78 is 0. The highest BCUT2D eigenvalue weighted by Gasteiger charge is 2.17. The van der Waals surface area contributed by atoms with Crippen molar-refractivity contribution in [1.82, 2.24) is 10.3 Å². The van der Waals surface area contributed by atoms with E-state index in [1.54, 1.807) is 0 Å². The normalized spacial score (nSPS) is 11.6. The van der Waals surface area contributed by atoms with Crippen LogP contribution in [0.25, 0.3) is 0 Å². The van der Waals surface area contributed by atoms with Crippen LogP contribution in [-0.2, 0) is 6.54 Å². The highest BCUT2D eigenvalue weighted by molar-refractivity contribution is 5.35. The predicted octanol–water partition coefficient (Wildman–Crippen LogP) is 3.53. The van der Waals surface area contributed by atoms with E-state index in [4.69, 9.17) is 0 Å². The van der Waals surface area contributed by atoms with Gasteiger partial charge in [-0.3, -0.25) is 0 Å². The van der Waals surface area contributed by atoms with Crippen molar-refractivity contribution in [1.29, 1.82) is 0 Å². The molecule has 0 radical (unpaired) electrons. The van der Waals surface area contributed by atoms with Gasteiger partial charge < -0.3 is 10.6 Å². The Bertz CT molecular complexity index is 353. The second-order valence-corrected chi connectivity index (χ2v) is 5.83. The van der Waals surface area contributed by atoms with Crippen LogP contribution >= 0.6 is 0 Å². The van der Waals surface area contributed by atoms with E-state index in [1.165, 1.54) is 0 Å². The molecule has 0 aliphatic heterocycles. The molecule has 2 N–H and O–H groups in total. The molecule has 0 saturated heterocycles. The molecule has 0 unspecified atom stereocenters. The largest absolute Gasteiger partial charge is 0.370 e. The molecule has 1 aromatic heterocycles. The van der Waals surface area contributed by atoms with Crippen LogP contribution in [0.15, 0.2) is 18.2 Å². The highest BCUT2D eigenvalue weighted by Crippen LogP contribution is 2.20. The van der Waals surface area contributed by atoms with Gasteiger partial charge in [-0.15, -0.1) is 0 Å². The smallest absolute Gasteiger partial charge is 0.126 e. The summed E-state index contributed by atoms with van der Waals surface area (Å²) in [6.07, 6.45) is 0. The topological polar surface area (TPSA) is 37.0 Å². The standard InChI is InChI=1S/C16H29N3/c1-6-17-10-14-8-7-9-16(19-14)18-11-15(12(2)3)13(4)5/h7-9,12-13,15,17H,6,10-11H2,1-5H3,(H,18,19). The fraction of sp³-hybridized carbons (Fsp3) is 0.688. The van der Waals surface area contributed by atoms with E-state index in [0.29, 0.717) is 17.8 Å². The lowest BCUT2D eigenvalue weighted by Gasteiger charge is -2.25. The molecule has 0 saturated carbocycles. The van der Waals surface area contributed by atoms with E-state index in [1.807, 2.05) is 6.07 Å². The summed E-state index contributed by atoms with van der Waals surface area (Å²) in [6, 6.07) is 6.19. The Kier molecular flexibility index (Phi) is 6.85. The minimum atomic E-state index is 0.680. The molecule has 1 rings (SSSR count). The third-order valence-corrected chi connectivity index (χ3v) is 3.59. The van der Waals surface area contributed by atoms with E-state index in [0.717, 1.165) is 31.1 Å². The molecule has 0 fully saturated rings. The number of nitrogens with zero attached hydrogens (tertiary/aromatic N) is 1. The van der Waals surface area contributed by atoms with Crippen LogP contribution in [0, 0.1) is 17.8 Å². The van der Waals surface area contributed by atoms with Gasteiger partial charge in [0.1, 0.15) is 5.82 Å². The summed E-state index contributed by atoms with van der Waals surface area (Å²) in [5.74, 6) is 3.05. The molecule has 0 spiro atoms. The summed E-state index contributed by atoms with van der Waals surface area (Å²) in [5.41, 5.74) is 1.09. The van der Waals surface area contributed by atoms with Gasteiger partial charge in [-0.1, -0.05) is 40.7 Å². The van der Waals surface area contributed by atoms with Gasteiger partial charge in [0.05, 0.1) is 5.69 Å². The van der Waals surface area contributed by atoms with E-state index < -0.39 is 0 Å². The molecule has 3 heteroatoms. The van der Waals surface area contributed by atoms with Crippen LogP contribution in [0.5, 0.6) is 0 Å². The summed E-state index contributed by atoms with van der Waals surface area (Å²) in [7, 11) is 0. The van der Waals surface area contributed by atoms with Crippen molar-refractivity contribution in [3.05, 3.63) is 23.9 Å². The summed E-state index contributed by atoms with van der Waals surface area (Å²) in [4.78, 5) is 4.63. The average Bonchev–Trinajstić information content (AvgIpc) is 2.36. The molecule has 0 aliphatic rings. The molecule has 3 nitrogen and oxygen atoms in total. The van der Waals surface area contributed by atoms with E-state index in [2.05, 4.69) is 62.4 Å². The number of pyridine rings is 1. The molecule has 19 heavy (non-hydrogen) atoms. The zero-order valence-corrected chi connectivity index (χ0v) is 13.0. The van der Waals surface area contributed by atoms with Gasteiger partial charge >= 0.3 is 0 Å². The molecule has 1 aromatic rings. The zero-order chi connectivity index (χ0) is 14.3. The lowest BCUT2D eigenvalue weighted by Crippen LogP contribution is -2.25. The quantitative estimate of drug-likeness (QED) is 0.753. The Balaban J connectivity index is 2.56. The Morgan fingerprint density at radius 1 is 1.11 bits per heavy atom. The monoisotopic (exact) mass is 263 g/mol. The van der Waals surface area contributed by atoms with Gasteiger partial charge in [0.15, 0.2) is 0 Å². The Hall–Kier alpha value is -1.09. The minimum absolute atomic E-state index is 0.680. The van der Waals surface area contributed by atoms with Crippen LogP contribution in [0.4, 0.5) is 5.82 Å². The van der Waals surface area contributed by atoms with Crippen molar-refractivity contribution in [2.75, 3.05) is 18.4 Å². The van der Waals surface area contributed by atoms with Gasteiger partial charge in [-0.05, 0) is 36.4 Å². The maximum absolute atomic E-state index is 4.63. The molecule has 0 aliphatic carbocycles. The second kappa shape index (κ2) is 8.16. The number of aromatic nitrogens is 1. The van der Waals surface area contributed by atoms with Crippen LogP contribution < -0.4 is 10.6 Å². The maximum atomic E-state index is 4.63. The third-order valence-electron chi connectivity index (χ3n) is 3.59. The number of hydrogen-bond donors (Lipinski definition) is 2. The number of rotatable bonds is 8. The van der Waals surface area contributed by atoms with Gasteiger partial charge in [0, 0.05) is 13.1 Å². The Morgan fingerprint density at radius 2 is 1.79 bits per heavy atom. The third kappa shape index (κ3) is 5.60. The van der Waals surface area contributed by atoms with E-state index >= 15 is 0 Å². The SMILES string of the molecule is CCNCc1cccc(NCC(C(C)C)C(C)C)n1. The average molecular weight is 263 g/mol. The molecule has 0 bridgehead atoms. The predicted molar refractivity (Wildman–Crippen MR) is 83.3 cm³/mol. The van der Waals surface area contributed by atoms with E-state index in [-0.39, 0.29) is 0 Å².